The molecule has 5 atom stereocenters. The summed E-state index contributed by atoms with van der Waals surface area (Å²) in [5, 5.41) is 15.8. The molecule has 5 rings (SSSR count). The molecular formula is C26H21Cl3N2O3S. The fourth-order valence-corrected chi connectivity index (χ4v) is 7.64. The summed E-state index contributed by atoms with van der Waals surface area (Å²) in [6.45, 7) is 1.55. The Morgan fingerprint density at radius 2 is 1.86 bits per heavy atom. The van der Waals surface area contributed by atoms with Crippen LogP contribution < -0.4 is 5.32 Å². The second-order valence-electron chi connectivity index (χ2n) is 8.87. The van der Waals surface area contributed by atoms with E-state index in [9.17, 15) is 14.9 Å². The minimum Gasteiger partial charge on any atom is -0.378 e. The molecule has 5 nitrogen and oxygen atoms in total. The van der Waals surface area contributed by atoms with Crippen LogP contribution in [-0.4, -0.2) is 21.3 Å². The highest BCUT2D eigenvalue weighted by Crippen LogP contribution is 2.58. The number of fused-ring (bicyclic) bond motifs is 3. The predicted molar refractivity (Wildman–Crippen MR) is 143 cm³/mol. The zero-order valence-corrected chi connectivity index (χ0v) is 21.7. The lowest BCUT2D eigenvalue weighted by molar-refractivity contribution is -0.387. The van der Waals surface area contributed by atoms with Gasteiger partial charge in [-0.3, -0.25) is 14.9 Å². The van der Waals surface area contributed by atoms with Crippen LogP contribution in [0.25, 0.3) is 0 Å². The molecule has 9 heteroatoms. The van der Waals surface area contributed by atoms with E-state index in [-0.39, 0.29) is 44.9 Å². The first-order valence-corrected chi connectivity index (χ1v) is 13.2. The van der Waals surface area contributed by atoms with Gasteiger partial charge in [0.25, 0.3) is 5.69 Å². The number of anilines is 1. The van der Waals surface area contributed by atoms with Crippen LogP contribution in [0, 0.1) is 16.0 Å². The SMILES string of the molecule is CC(=O)c1ccc2c(c1)[C@@H]1[C@H](Cl)[C@H](Sc3ccccc3[N+](=O)[O-])C[C@H]1[C@H](c1cccc(Cl)c1Cl)N2. The Labute approximate surface area is 222 Å². The van der Waals surface area contributed by atoms with Gasteiger partial charge >= 0.3 is 0 Å². The zero-order valence-electron chi connectivity index (χ0n) is 18.6. The molecule has 0 bridgehead atoms. The minimum atomic E-state index is -0.363. The standard InChI is InChI=1S/C26H21Cl3N2O3S/c1-13(32)14-9-10-19-16(11-14)23-17(26(30-19)15-5-4-6-18(27)24(15)28)12-22(25(23)29)35-21-8-3-2-7-20(21)31(33)34/h2-11,17,22-23,25-26,30H,12H2,1H3/t17-,22-,23+,25-,26+/m1/s1. The number of thioether (sulfide) groups is 1. The number of hydrogen-bond acceptors (Lipinski definition) is 5. The number of carbonyl (C=O) groups excluding carboxylic acids is 1. The van der Waals surface area contributed by atoms with Crippen molar-refractivity contribution in [2.45, 2.75) is 40.8 Å². The molecule has 35 heavy (non-hydrogen) atoms. The lowest BCUT2D eigenvalue weighted by atomic mass is 9.76. The van der Waals surface area contributed by atoms with E-state index >= 15 is 0 Å². The third kappa shape index (κ3) is 4.42. The highest BCUT2D eigenvalue weighted by molar-refractivity contribution is 8.00. The molecule has 0 radical (unpaired) electrons. The Balaban J connectivity index is 1.58. The topological polar surface area (TPSA) is 72.2 Å². The molecule has 1 aliphatic heterocycles. The van der Waals surface area contributed by atoms with Crippen molar-refractivity contribution in [2.24, 2.45) is 5.92 Å². The van der Waals surface area contributed by atoms with Gasteiger partial charge in [-0.1, -0.05) is 47.5 Å². The maximum absolute atomic E-state index is 12.1. The Hall–Kier alpha value is -2.25. The van der Waals surface area contributed by atoms with Gasteiger partial charge in [-0.15, -0.1) is 23.4 Å². The van der Waals surface area contributed by atoms with Crippen molar-refractivity contribution in [3.63, 3.8) is 0 Å². The fraction of sp³-hybridized carbons (Fsp3) is 0.269. The first kappa shape index (κ1) is 24.4. The Morgan fingerprint density at radius 1 is 1.09 bits per heavy atom. The number of benzene rings is 3. The van der Waals surface area contributed by atoms with E-state index < -0.39 is 0 Å². The van der Waals surface area contributed by atoms with Crippen LogP contribution in [-0.2, 0) is 0 Å². The van der Waals surface area contributed by atoms with Gasteiger partial charge in [0.2, 0.25) is 0 Å². The molecule has 1 saturated carbocycles. The number of rotatable bonds is 5. The summed E-state index contributed by atoms with van der Waals surface area (Å²) in [5.41, 5.74) is 3.47. The van der Waals surface area contributed by atoms with Crippen molar-refractivity contribution in [3.05, 3.63) is 97.5 Å². The van der Waals surface area contributed by atoms with E-state index in [1.165, 1.54) is 17.8 Å². The lowest BCUT2D eigenvalue weighted by Gasteiger charge is -2.39. The van der Waals surface area contributed by atoms with Gasteiger partial charge in [0, 0.05) is 28.5 Å². The van der Waals surface area contributed by atoms with E-state index in [2.05, 4.69) is 5.32 Å². The molecular weight excluding hydrogens is 527 g/mol. The number of ketones is 1. The average Bonchev–Trinajstić information content (AvgIpc) is 3.16. The van der Waals surface area contributed by atoms with E-state index in [4.69, 9.17) is 34.8 Å². The molecule has 1 N–H and O–H groups in total. The summed E-state index contributed by atoms with van der Waals surface area (Å²) >= 11 is 21.6. The zero-order chi connectivity index (χ0) is 24.9. The number of carbonyl (C=O) groups is 1. The molecule has 0 unspecified atom stereocenters. The van der Waals surface area contributed by atoms with E-state index in [0.29, 0.717) is 26.9 Å². The number of nitro benzene ring substituents is 1. The van der Waals surface area contributed by atoms with Crippen molar-refractivity contribution >= 4 is 63.7 Å². The second-order valence-corrected chi connectivity index (χ2v) is 11.4. The fourth-order valence-electron chi connectivity index (χ4n) is 5.27. The summed E-state index contributed by atoms with van der Waals surface area (Å²) in [6, 6.07) is 17.8. The van der Waals surface area contributed by atoms with Crippen LogP contribution in [0.5, 0.6) is 0 Å². The number of alkyl halides is 1. The lowest BCUT2D eigenvalue weighted by Crippen LogP contribution is -2.31. The number of halogens is 3. The predicted octanol–water partition coefficient (Wildman–Crippen LogP) is 8.14. The first-order chi connectivity index (χ1) is 16.8. The highest BCUT2D eigenvalue weighted by Gasteiger charge is 2.50. The molecule has 3 aromatic carbocycles. The Morgan fingerprint density at radius 3 is 2.60 bits per heavy atom. The van der Waals surface area contributed by atoms with Crippen LogP contribution in [0.4, 0.5) is 11.4 Å². The normalized spacial score (nSPS) is 24.9. The third-order valence-electron chi connectivity index (χ3n) is 6.88. The van der Waals surface area contributed by atoms with Gasteiger partial charge in [0.15, 0.2) is 5.78 Å². The van der Waals surface area contributed by atoms with Crippen LogP contribution in [0.2, 0.25) is 10.0 Å². The molecule has 180 valence electrons. The molecule has 1 heterocycles. The largest absolute Gasteiger partial charge is 0.378 e. The molecule has 1 fully saturated rings. The molecule has 1 aliphatic carbocycles. The molecule has 0 amide bonds. The molecule has 0 aromatic heterocycles. The van der Waals surface area contributed by atoms with E-state index in [0.717, 1.165) is 16.8 Å². The molecule has 2 aliphatic rings. The van der Waals surface area contributed by atoms with Crippen molar-refractivity contribution in [2.75, 3.05) is 5.32 Å². The summed E-state index contributed by atoms with van der Waals surface area (Å²) in [4.78, 5) is 23.9. The van der Waals surface area contributed by atoms with Gasteiger partial charge in [-0.05, 0) is 60.7 Å². The van der Waals surface area contributed by atoms with E-state index in [1.54, 1.807) is 31.2 Å². The number of hydrogen-bond donors (Lipinski definition) is 1. The highest BCUT2D eigenvalue weighted by atomic mass is 35.5. The van der Waals surface area contributed by atoms with Crippen molar-refractivity contribution < 1.29 is 9.72 Å². The molecule has 3 aromatic rings. The van der Waals surface area contributed by atoms with Crippen LogP contribution in [0.1, 0.15) is 46.8 Å². The Kier molecular flexibility index (Phi) is 6.75. The van der Waals surface area contributed by atoms with Crippen LogP contribution in [0.15, 0.2) is 65.6 Å². The van der Waals surface area contributed by atoms with Crippen molar-refractivity contribution in [1.82, 2.24) is 0 Å². The summed E-state index contributed by atoms with van der Waals surface area (Å²) in [7, 11) is 0. The summed E-state index contributed by atoms with van der Waals surface area (Å²) in [6.07, 6.45) is 0.708. The van der Waals surface area contributed by atoms with Gasteiger partial charge in [0.05, 0.1) is 31.3 Å². The van der Waals surface area contributed by atoms with Crippen molar-refractivity contribution in [3.8, 4) is 0 Å². The van der Waals surface area contributed by atoms with E-state index in [1.807, 2.05) is 30.3 Å². The van der Waals surface area contributed by atoms with Crippen LogP contribution in [0.3, 0.4) is 0 Å². The quantitative estimate of drug-likeness (QED) is 0.151. The van der Waals surface area contributed by atoms with Gasteiger partial charge in [-0.25, -0.2) is 0 Å². The van der Waals surface area contributed by atoms with Gasteiger partial charge in [-0.2, -0.15) is 0 Å². The smallest absolute Gasteiger partial charge is 0.282 e. The third-order valence-corrected chi connectivity index (χ3v) is 9.82. The number of para-hydroxylation sites is 1. The number of nitrogens with one attached hydrogen (secondary N) is 1. The van der Waals surface area contributed by atoms with Crippen LogP contribution >= 0.6 is 46.6 Å². The maximum atomic E-state index is 12.1. The van der Waals surface area contributed by atoms with Crippen molar-refractivity contribution in [1.29, 1.82) is 0 Å². The number of Topliss-reactive ketones (excluding diaryl/α,β-unsaturated/α-hetero) is 1. The average molecular weight is 548 g/mol. The Bertz CT molecular complexity index is 1330. The second kappa shape index (κ2) is 9.66. The summed E-state index contributed by atoms with van der Waals surface area (Å²) < 4.78 is 0. The number of nitro groups is 1. The monoisotopic (exact) mass is 546 g/mol. The van der Waals surface area contributed by atoms with Gasteiger partial charge < -0.3 is 5.32 Å². The first-order valence-electron chi connectivity index (χ1n) is 11.2. The minimum absolute atomic E-state index is 0.0145. The number of nitrogens with zero attached hydrogens (tertiary/aromatic N) is 1. The maximum Gasteiger partial charge on any atom is 0.282 e. The molecule has 0 spiro atoms. The summed E-state index contributed by atoms with van der Waals surface area (Å²) in [5.74, 6) is -0.0460. The molecule has 0 saturated heterocycles. The van der Waals surface area contributed by atoms with Gasteiger partial charge in [0.1, 0.15) is 0 Å².